The van der Waals surface area contributed by atoms with Crippen LogP contribution in [0.3, 0.4) is 0 Å². The highest BCUT2D eigenvalue weighted by Gasteiger charge is 2.22. The molecule has 0 aromatic rings. The zero-order valence-electron chi connectivity index (χ0n) is 5.86. The number of nitrogens with two attached hydrogens (primary N) is 1. The fourth-order valence-electron chi connectivity index (χ4n) is 0.631. The number of allylic oxidation sites excluding steroid dienone is 1. The van der Waals surface area contributed by atoms with Gasteiger partial charge in [0.15, 0.2) is 0 Å². The third kappa shape index (κ3) is 2.61. The van der Waals surface area contributed by atoms with Crippen LogP contribution in [-0.2, 0) is 0 Å². The standard InChI is InChI=1S/C7H14FN/c1-3-5-7(8,4-2)6-9/h3H,1,4-6,9H2,2H3. The summed E-state index contributed by atoms with van der Waals surface area (Å²) in [5, 5.41) is 0. The SMILES string of the molecule is C=CCC(F)(CC)CN. The van der Waals surface area contributed by atoms with Crippen LogP contribution in [0.15, 0.2) is 12.7 Å². The lowest BCUT2D eigenvalue weighted by Gasteiger charge is -2.18. The Balaban J connectivity index is 3.75. The summed E-state index contributed by atoms with van der Waals surface area (Å²) < 4.78 is 13.1. The van der Waals surface area contributed by atoms with Crippen molar-refractivity contribution in [2.24, 2.45) is 5.73 Å². The summed E-state index contributed by atoms with van der Waals surface area (Å²) in [5.74, 6) is 0. The molecule has 0 aromatic heterocycles. The first-order chi connectivity index (χ1) is 4.18. The molecular formula is C7H14FN. The molecule has 54 valence electrons. The Morgan fingerprint density at radius 2 is 2.33 bits per heavy atom. The molecule has 0 aromatic carbocycles. The van der Waals surface area contributed by atoms with Crippen LogP contribution < -0.4 is 5.73 Å². The van der Waals surface area contributed by atoms with Crippen LogP contribution in [0.5, 0.6) is 0 Å². The smallest absolute Gasteiger partial charge is 0.126 e. The first kappa shape index (κ1) is 8.63. The summed E-state index contributed by atoms with van der Waals surface area (Å²) in [6.45, 7) is 5.33. The summed E-state index contributed by atoms with van der Waals surface area (Å²) in [7, 11) is 0. The molecule has 0 radical (unpaired) electrons. The van der Waals surface area contributed by atoms with Crippen molar-refractivity contribution >= 4 is 0 Å². The van der Waals surface area contributed by atoms with Gasteiger partial charge in [0.1, 0.15) is 5.67 Å². The van der Waals surface area contributed by atoms with E-state index in [2.05, 4.69) is 6.58 Å². The highest BCUT2D eigenvalue weighted by Crippen LogP contribution is 2.18. The molecule has 0 aliphatic rings. The molecule has 2 heteroatoms. The Hall–Kier alpha value is -0.370. The minimum atomic E-state index is -1.21. The average Bonchev–Trinajstić information content (AvgIpc) is 1.89. The molecule has 2 N–H and O–H groups in total. The molecule has 0 saturated carbocycles. The maximum absolute atomic E-state index is 13.1. The second-order valence-electron chi connectivity index (χ2n) is 2.20. The van der Waals surface area contributed by atoms with E-state index in [9.17, 15) is 4.39 Å². The monoisotopic (exact) mass is 131 g/mol. The molecule has 9 heavy (non-hydrogen) atoms. The number of halogens is 1. The Morgan fingerprint density at radius 3 is 2.44 bits per heavy atom. The minimum Gasteiger partial charge on any atom is -0.328 e. The van der Waals surface area contributed by atoms with E-state index in [4.69, 9.17) is 5.73 Å². The van der Waals surface area contributed by atoms with E-state index >= 15 is 0 Å². The van der Waals surface area contributed by atoms with Gasteiger partial charge in [-0.2, -0.15) is 0 Å². The predicted octanol–water partition coefficient (Wildman–Crippen LogP) is 1.64. The molecule has 0 spiro atoms. The topological polar surface area (TPSA) is 26.0 Å². The van der Waals surface area contributed by atoms with Crippen LogP contribution in [0.25, 0.3) is 0 Å². The maximum atomic E-state index is 13.1. The van der Waals surface area contributed by atoms with Crippen molar-refractivity contribution in [3.05, 3.63) is 12.7 Å². The largest absolute Gasteiger partial charge is 0.328 e. The summed E-state index contributed by atoms with van der Waals surface area (Å²) in [4.78, 5) is 0. The van der Waals surface area contributed by atoms with E-state index in [-0.39, 0.29) is 6.54 Å². The molecule has 0 bridgehead atoms. The fourth-order valence-corrected chi connectivity index (χ4v) is 0.631. The molecular weight excluding hydrogens is 117 g/mol. The second-order valence-corrected chi connectivity index (χ2v) is 2.20. The lowest BCUT2D eigenvalue weighted by Crippen LogP contribution is -2.31. The number of rotatable bonds is 4. The third-order valence-electron chi connectivity index (χ3n) is 1.51. The van der Waals surface area contributed by atoms with Gasteiger partial charge in [-0.05, 0) is 6.42 Å². The van der Waals surface area contributed by atoms with Crippen LogP contribution >= 0.6 is 0 Å². The van der Waals surface area contributed by atoms with E-state index in [0.717, 1.165) is 0 Å². The van der Waals surface area contributed by atoms with Gasteiger partial charge in [0.25, 0.3) is 0 Å². The van der Waals surface area contributed by atoms with Gasteiger partial charge in [0.05, 0.1) is 0 Å². The van der Waals surface area contributed by atoms with Crippen molar-refractivity contribution in [1.29, 1.82) is 0 Å². The van der Waals surface area contributed by atoms with Gasteiger partial charge in [-0.25, -0.2) is 4.39 Å². The summed E-state index contributed by atoms with van der Waals surface area (Å²) in [6, 6.07) is 0. The van der Waals surface area contributed by atoms with Gasteiger partial charge in [0, 0.05) is 13.0 Å². The van der Waals surface area contributed by atoms with Gasteiger partial charge in [-0.3, -0.25) is 0 Å². The van der Waals surface area contributed by atoms with Crippen molar-refractivity contribution < 1.29 is 4.39 Å². The predicted molar refractivity (Wildman–Crippen MR) is 38.0 cm³/mol. The van der Waals surface area contributed by atoms with Crippen molar-refractivity contribution in [2.75, 3.05) is 6.54 Å². The zero-order chi connectivity index (χ0) is 7.33. The van der Waals surface area contributed by atoms with E-state index in [1.807, 2.05) is 0 Å². The number of hydrogen-bond acceptors (Lipinski definition) is 1. The first-order valence-corrected chi connectivity index (χ1v) is 3.18. The highest BCUT2D eigenvalue weighted by atomic mass is 19.1. The molecule has 1 atom stereocenters. The molecule has 1 unspecified atom stereocenters. The van der Waals surface area contributed by atoms with Gasteiger partial charge in [-0.15, -0.1) is 6.58 Å². The zero-order valence-corrected chi connectivity index (χ0v) is 5.86. The number of hydrogen-bond donors (Lipinski definition) is 1. The van der Waals surface area contributed by atoms with E-state index in [0.29, 0.717) is 12.8 Å². The summed E-state index contributed by atoms with van der Waals surface area (Å²) in [5.41, 5.74) is 3.97. The Labute approximate surface area is 55.7 Å². The highest BCUT2D eigenvalue weighted by molar-refractivity contribution is 4.86. The minimum absolute atomic E-state index is 0.0928. The van der Waals surface area contributed by atoms with Crippen molar-refractivity contribution in [2.45, 2.75) is 25.4 Å². The lowest BCUT2D eigenvalue weighted by molar-refractivity contribution is 0.171. The summed E-state index contributed by atoms with van der Waals surface area (Å²) in [6.07, 6.45) is 2.39. The van der Waals surface area contributed by atoms with Gasteiger partial charge in [0.2, 0.25) is 0 Å². The van der Waals surface area contributed by atoms with Crippen molar-refractivity contribution in [3.8, 4) is 0 Å². The van der Waals surface area contributed by atoms with E-state index in [1.165, 1.54) is 0 Å². The molecule has 0 aliphatic carbocycles. The van der Waals surface area contributed by atoms with Crippen molar-refractivity contribution in [1.82, 2.24) is 0 Å². The maximum Gasteiger partial charge on any atom is 0.126 e. The van der Waals surface area contributed by atoms with Gasteiger partial charge >= 0.3 is 0 Å². The van der Waals surface area contributed by atoms with E-state index < -0.39 is 5.67 Å². The summed E-state index contributed by atoms with van der Waals surface area (Å²) >= 11 is 0. The third-order valence-corrected chi connectivity index (χ3v) is 1.51. The first-order valence-electron chi connectivity index (χ1n) is 3.18. The Morgan fingerprint density at radius 1 is 1.78 bits per heavy atom. The molecule has 0 saturated heterocycles. The van der Waals surface area contributed by atoms with E-state index in [1.54, 1.807) is 13.0 Å². The van der Waals surface area contributed by atoms with Crippen molar-refractivity contribution in [3.63, 3.8) is 0 Å². The van der Waals surface area contributed by atoms with Crippen LogP contribution in [0.1, 0.15) is 19.8 Å². The molecule has 0 heterocycles. The Kier molecular flexibility index (Phi) is 3.47. The Bertz CT molecular complexity index is 86.9. The van der Waals surface area contributed by atoms with Crippen LogP contribution in [0, 0.1) is 0 Å². The lowest BCUT2D eigenvalue weighted by atomic mass is 9.99. The average molecular weight is 131 g/mol. The molecule has 0 amide bonds. The van der Waals surface area contributed by atoms with Gasteiger partial charge < -0.3 is 5.73 Å². The molecule has 1 nitrogen and oxygen atoms in total. The molecule has 0 rings (SSSR count). The van der Waals surface area contributed by atoms with Gasteiger partial charge in [-0.1, -0.05) is 13.0 Å². The normalized spacial score (nSPS) is 16.8. The quantitative estimate of drug-likeness (QED) is 0.577. The second kappa shape index (κ2) is 3.62. The van der Waals surface area contributed by atoms with Crippen LogP contribution in [0.4, 0.5) is 4.39 Å². The number of alkyl halides is 1. The fraction of sp³-hybridized carbons (Fsp3) is 0.714. The van der Waals surface area contributed by atoms with Crippen LogP contribution in [-0.4, -0.2) is 12.2 Å². The molecule has 0 aliphatic heterocycles. The molecule has 0 fully saturated rings. The van der Waals surface area contributed by atoms with Crippen LogP contribution in [0.2, 0.25) is 0 Å².